The van der Waals surface area contributed by atoms with Crippen LogP contribution in [-0.4, -0.2) is 36.4 Å². The van der Waals surface area contributed by atoms with E-state index in [2.05, 4.69) is 10.3 Å². The zero-order valence-corrected chi connectivity index (χ0v) is 8.69. The second-order valence-electron chi connectivity index (χ2n) is 3.19. The molecule has 78 valence electrons. The van der Waals surface area contributed by atoms with Gasteiger partial charge in [-0.2, -0.15) is 5.26 Å². The lowest BCUT2D eigenvalue weighted by Gasteiger charge is -2.11. The molecule has 1 rings (SSSR count). The number of nitrogens with one attached hydrogen (secondary N) is 1. The van der Waals surface area contributed by atoms with Crippen molar-refractivity contribution in [3.8, 4) is 6.07 Å². The molecule has 5 heteroatoms. The molecule has 1 N–H and O–H groups in total. The molecule has 0 radical (unpaired) electrons. The highest BCUT2D eigenvalue weighted by molar-refractivity contribution is 5.80. The highest BCUT2D eigenvalue weighted by Gasteiger charge is 2.02. The van der Waals surface area contributed by atoms with E-state index in [4.69, 9.17) is 5.26 Å². The lowest BCUT2D eigenvalue weighted by atomic mass is 10.3. The molecule has 0 saturated heterocycles. The molecule has 0 aliphatic rings. The van der Waals surface area contributed by atoms with Crippen LogP contribution in [0.3, 0.4) is 0 Å². The number of amides is 1. The number of carbonyl (C=O) groups is 1. The van der Waals surface area contributed by atoms with Gasteiger partial charge in [0.25, 0.3) is 0 Å². The van der Waals surface area contributed by atoms with Gasteiger partial charge in [0.15, 0.2) is 0 Å². The van der Waals surface area contributed by atoms with Gasteiger partial charge in [0, 0.05) is 14.1 Å². The molecule has 1 aromatic rings. The van der Waals surface area contributed by atoms with E-state index in [1.165, 1.54) is 11.1 Å². The second-order valence-corrected chi connectivity index (χ2v) is 3.19. The van der Waals surface area contributed by atoms with Crippen LogP contribution in [0.5, 0.6) is 0 Å². The lowest BCUT2D eigenvalue weighted by molar-refractivity contribution is -0.126. The Morgan fingerprint density at radius 1 is 1.60 bits per heavy atom. The van der Waals surface area contributed by atoms with Crippen molar-refractivity contribution in [1.82, 2.24) is 9.88 Å². The summed E-state index contributed by atoms with van der Waals surface area (Å²) in [5.41, 5.74) is 1.09. The summed E-state index contributed by atoms with van der Waals surface area (Å²) in [6.07, 6.45) is 1.53. The zero-order chi connectivity index (χ0) is 11.3. The van der Waals surface area contributed by atoms with Gasteiger partial charge in [0.05, 0.1) is 18.4 Å². The van der Waals surface area contributed by atoms with Gasteiger partial charge in [-0.15, -0.1) is 0 Å². The summed E-state index contributed by atoms with van der Waals surface area (Å²) < 4.78 is 0. The summed E-state index contributed by atoms with van der Waals surface area (Å²) in [5, 5.41) is 11.4. The average molecular weight is 204 g/mol. The van der Waals surface area contributed by atoms with Crippen LogP contribution in [0.2, 0.25) is 0 Å². The Labute approximate surface area is 88.3 Å². The molecule has 0 aliphatic carbocycles. The number of likely N-dealkylation sites (N-methyl/N-ethyl adjacent to an activating group) is 1. The van der Waals surface area contributed by atoms with Crippen molar-refractivity contribution in [2.24, 2.45) is 0 Å². The van der Waals surface area contributed by atoms with Crippen LogP contribution in [0.25, 0.3) is 0 Å². The van der Waals surface area contributed by atoms with Gasteiger partial charge in [0.1, 0.15) is 11.8 Å². The van der Waals surface area contributed by atoms with Crippen LogP contribution >= 0.6 is 0 Å². The summed E-state index contributed by atoms with van der Waals surface area (Å²) in [6.45, 7) is 0.223. The molecule has 0 aromatic carbocycles. The number of carbonyl (C=O) groups excluding carboxylic acids is 1. The normalized spacial score (nSPS) is 9.13. The standard InChI is InChI=1S/C10H12N4O/c1-14(2)10(15)7-13-9-4-3-8(5-11)12-6-9/h3-4,6,13H,7H2,1-2H3. The minimum atomic E-state index is -0.0145. The lowest BCUT2D eigenvalue weighted by Crippen LogP contribution is -2.28. The Bertz CT molecular complexity index is 377. The van der Waals surface area contributed by atoms with E-state index in [0.29, 0.717) is 5.69 Å². The van der Waals surface area contributed by atoms with Gasteiger partial charge in [0.2, 0.25) is 5.91 Å². The van der Waals surface area contributed by atoms with E-state index in [9.17, 15) is 4.79 Å². The molecule has 0 aliphatic heterocycles. The molecule has 0 unspecified atom stereocenters. The quantitative estimate of drug-likeness (QED) is 0.776. The van der Waals surface area contributed by atoms with Crippen molar-refractivity contribution in [2.45, 2.75) is 0 Å². The summed E-state index contributed by atoms with van der Waals surface area (Å²) in [7, 11) is 3.39. The van der Waals surface area contributed by atoms with Gasteiger partial charge in [-0.3, -0.25) is 4.79 Å². The molecular formula is C10H12N4O. The first-order valence-corrected chi connectivity index (χ1v) is 4.43. The Morgan fingerprint density at radius 3 is 2.80 bits per heavy atom. The third-order valence-corrected chi connectivity index (χ3v) is 1.82. The zero-order valence-electron chi connectivity index (χ0n) is 8.69. The molecule has 0 fully saturated rings. The highest BCUT2D eigenvalue weighted by atomic mass is 16.2. The molecule has 0 bridgehead atoms. The Balaban J connectivity index is 2.52. The number of nitriles is 1. The maximum absolute atomic E-state index is 11.2. The smallest absolute Gasteiger partial charge is 0.241 e. The minimum Gasteiger partial charge on any atom is -0.375 e. The number of nitrogens with zero attached hydrogens (tertiary/aromatic N) is 3. The van der Waals surface area contributed by atoms with Gasteiger partial charge < -0.3 is 10.2 Å². The van der Waals surface area contributed by atoms with Crippen LogP contribution < -0.4 is 5.32 Å². The molecule has 1 aromatic heterocycles. The maximum atomic E-state index is 11.2. The molecule has 0 saturated carbocycles. The maximum Gasteiger partial charge on any atom is 0.241 e. The summed E-state index contributed by atoms with van der Waals surface area (Å²) in [5.74, 6) is -0.0145. The largest absolute Gasteiger partial charge is 0.375 e. The van der Waals surface area contributed by atoms with Crippen LogP contribution in [-0.2, 0) is 4.79 Å². The minimum absolute atomic E-state index is 0.0145. The van der Waals surface area contributed by atoms with Crippen molar-refractivity contribution in [3.05, 3.63) is 24.0 Å². The van der Waals surface area contributed by atoms with E-state index in [1.54, 1.807) is 26.2 Å². The fourth-order valence-electron chi connectivity index (χ4n) is 0.900. The predicted octanol–water partition coefficient (Wildman–Crippen LogP) is 0.453. The van der Waals surface area contributed by atoms with Crippen molar-refractivity contribution in [3.63, 3.8) is 0 Å². The topological polar surface area (TPSA) is 69.0 Å². The number of hydrogen-bond donors (Lipinski definition) is 1. The van der Waals surface area contributed by atoms with E-state index in [1.807, 2.05) is 6.07 Å². The Kier molecular flexibility index (Phi) is 3.63. The van der Waals surface area contributed by atoms with Crippen LogP contribution in [0.4, 0.5) is 5.69 Å². The van der Waals surface area contributed by atoms with E-state index in [0.717, 1.165) is 5.69 Å². The van der Waals surface area contributed by atoms with Gasteiger partial charge in [-0.05, 0) is 12.1 Å². The van der Waals surface area contributed by atoms with Crippen molar-refractivity contribution in [2.75, 3.05) is 26.0 Å². The average Bonchev–Trinajstić information content (AvgIpc) is 2.26. The molecule has 1 heterocycles. The molecule has 5 nitrogen and oxygen atoms in total. The second kappa shape index (κ2) is 4.96. The monoisotopic (exact) mass is 204 g/mol. The van der Waals surface area contributed by atoms with E-state index >= 15 is 0 Å². The Morgan fingerprint density at radius 2 is 2.33 bits per heavy atom. The van der Waals surface area contributed by atoms with Gasteiger partial charge in [-0.1, -0.05) is 0 Å². The summed E-state index contributed by atoms with van der Waals surface area (Å²) in [4.78, 5) is 16.6. The SMILES string of the molecule is CN(C)C(=O)CNc1ccc(C#N)nc1. The van der Waals surface area contributed by atoms with Crippen molar-refractivity contribution >= 4 is 11.6 Å². The first-order valence-electron chi connectivity index (χ1n) is 4.43. The first kappa shape index (κ1) is 11.0. The highest BCUT2D eigenvalue weighted by Crippen LogP contribution is 2.04. The fraction of sp³-hybridized carbons (Fsp3) is 0.300. The molecule has 0 spiro atoms. The summed E-state index contributed by atoms with van der Waals surface area (Å²) >= 11 is 0. The fourth-order valence-corrected chi connectivity index (χ4v) is 0.900. The van der Waals surface area contributed by atoms with E-state index in [-0.39, 0.29) is 12.5 Å². The van der Waals surface area contributed by atoms with E-state index < -0.39 is 0 Å². The number of hydrogen-bond acceptors (Lipinski definition) is 4. The summed E-state index contributed by atoms with van der Waals surface area (Å²) in [6, 6.07) is 5.24. The van der Waals surface area contributed by atoms with Gasteiger partial charge >= 0.3 is 0 Å². The first-order chi connectivity index (χ1) is 7.13. The molecular weight excluding hydrogens is 192 g/mol. The van der Waals surface area contributed by atoms with Crippen LogP contribution in [0, 0.1) is 11.3 Å². The number of pyridine rings is 1. The Hall–Kier alpha value is -2.09. The predicted molar refractivity (Wildman–Crippen MR) is 56.1 cm³/mol. The van der Waals surface area contributed by atoms with Crippen molar-refractivity contribution < 1.29 is 4.79 Å². The number of aromatic nitrogens is 1. The molecule has 0 atom stereocenters. The van der Waals surface area contributed by atoms with Crippen molar-refractivity contribution in [1.29, 1.82) is 5.26 Å². The van der Waals surface area contributed by atoms with Gasteiger partial charge in [-0.25, -0.2) is 4.98 Å². The third-order valence-electron chi connectivity index (χ3n) is 1.82. The van der Waals surface area contributed by atoms with Crippen LogP contribution in [0.1, 0.15) is 5.69 Å². The number of rotatable bonds is 3. The third kappa shape index (κ3) is 3.27. The van der Waals surface area contributed by atoms with Crippen LogP contribution in [0.15, 0.2) is 18.3 Å². The molecule has 1 amide bonds. The number of anilines is 1. The molecule has 15 heavy (non-hydrogen) atoms.